The van der Waals surface area contributed by atoms with Crippen molar-refractivity contribution in [2.45, 2.75) is 31.4 Å². The monoisotopic (exact) mass is 344 g/mol. The number of rotatable bonds is 4. The summed E-state index contributed by atoms with van der Waals surface area (Å²) < 4.78 is 0. The smallest absolute Gasteiger partial charge is 0.309 e. The lowest BCUT2D eigenvalue weighted by Crippen LogP contribution is -2.49. The Morgan fingerprint density at radius 1 is 1.08 bits per heavy atom. The van der Waals surface area contributed by atoms with Gasteiger partial charge in [-0.05, 0) is 35.4 Å². The van der Waals surface area contributed by atoms with Gasteiger partial charge in [0.2, 0.25) is 0 Å². The van der Waals surface area contributed by atoms with Gasteiger partial charge in [-0.15, -0.1) is 11.3 Å². The largest absolute Gasteiger partial charge is 0.388 e. The normalized spacial score (nSPS) is 19.4. The summed E-state index contributed by atoms with van der Waals surface area (Å²) in [5, 5.41) is 17.7. The number of thiophene rings is 1. The van der Waals surface area contributed by atoms with E-state index in [1.165, 1.54) is 16.9 Å². The molecule has 1 aliphatic rings. The Morgan fingerprint density at radius 2 is 1.83 bits per heavy atom. The predicted molar refractivity (Wildman–Crippen MR) is 92.6 cm³/mol. The molecule has 0 spiro atoms. The van der Waals surface area contributed by atoms with Gasteiger partial charge in [-0.1, -0.05) is 30.3 Å². The summed E-state index contributed by atoms with van der Waals surface area (Å²) in [6, 6.07) is 11.8. The van der Waals surface area contributed by atoms with Crippen LogP contribution in [0.5, 0.6) is 0 Å². The molecule has 1 atom stereocenters. The zero-order valence-corrected chi connectivity index (χ0v) is 14.1. The fraction of sp³-hybridized carbons (Fsp3) is 0.333. The van der Waals surface area contributed by atoms with Gasteiger partial charge in [0.25, 0.3) is 0 Å². The van der Waals surface area contributed by atoms with Crippen molar-refractivity contribution in [2.24, 2.45) is 0 Å². The molecule has 1 aromatic carbocycles. The fourth-order valence-electron chi connectivity index (χ4n) is 2.92. The molecule has 1 aliphatic carbocycles. The van der Waals surface area contributed by atoms with Gasteiger partial charge in [-0.2, -0.15) is 0 Å². The maximum absolute atomic E-state index is 11.9. The van der Waals surface area contributed by atoms with E-state index in [9.17, 15) is 14.7 Å². The second kappa shape index (κ2) is 7.15. The van der Waals surface area contributed by atoms with Crippen LogP contribution in [0, 0.1) is 0 Å². The second-order valence-electron chi connectivity index (χ2n) is 6.11. The molecule has 126 valence electrons. The number of fused-ring (bicyclic) bond motifs is 1. The average Bonchev–Trinajstić information content (AvgIpc) is 3.11. The first-order chi connectivity index (χ1) is 11.6. The molecular weight excluding hydrogens is 324 g/mol. The van der Waals surface area contributed by atoms with E-state index < -0.39 is 17.4 Å². The van der Waals surface area contributed by atoms with E-state index in [1.54, 1.807) is 0 Å². The van der Waals surface area contributed by atoms with E-state index in [0.717, 1.165) is 16.9 Å². The Balaban J connectivity index is 1.49. The molecule has 6 heteroatoms. The van der Waals surface area contributed by atoms with Crippen molar-refractivity contribution in [1.29, 1.82) is 0 Å². The van der Waals surface area contributed by atoms with Crippen LogP contribution in [-0.4, -0.2) is 29.1 Å². The van der Waals surface area contributed by atoms with Crippen molar-refractivity contribution in [3.8, 4) is 0 Å². The Kier molecular flexibility index (Phi) is 4.97. The van der Waals surface area contributed by atoms with Gasteiger partial charge < -0.3 is 15.7 Å². The molecule has 24 heavy (non-hydrogen) atoms. The minimum absolute atomic E-state index is 0.0760. The molecule has 5 nitrogen and oxygen atoms in total. The molecular formula is C18H20N2O3S. The van der Waals surface area contributed by atoms with Gasteiger partial charge in [0.05, 0.1) is 12.1 Å². The predicted octanol–water partition coefficient (Wildman–Crippen LogP) is 1.40. The summed E-state index contributed by atoms with van der Waals surface area (Å²) in [5.74, 6) is -1.39. The third-order valence-electron chi connectivity index (χ3n) is 4.29. The van der Waals surface area contributed by atoms with Gasteiger partial charge in [-0.25, -0.2) is 0 Å². The summed E-state index contributed by atoms with van der Waals surface area (Å²) in [4.78, 5) is 24.7. The third-order valence-corrected chi connectivity index (χ3v) is 5.16. The SMILES string of the molecule is O=C(NCc1cccs1)C(=O)NC[C@]1(O)CCc2ccccc2C1. The first kappa shape index (κ1) is 16.7. The lowest BCUT2D eigenvalue weighted by Gasteiger charge is -2.33. The lowest BCUT2D eigenvalue weighted by molar-refractivity contribution is -0.140. The molecule has 1 aromatic heterocycles. The number of carbonyl (C=O) groups is 2. The molecule has 0 radical (unpaired) electrons. The van der Waals surface area contributed by atoms with Crippen LogP contribution in [0.25, 0.3) is 0 Å². The molecule has 2 amide bonds. The number of hydrogen-bond acceptors (Lipinski definition) is 4. The maximum atomic E-state index is 11.9. The number of aryl methyl sites for hydroxylation is 1. The van der Waals surface area contributed by atoms with Crippen molar-refractivity contribution in [2.75, 3.05) is 6.54 Å². The molecule has 0 aliphatic heterocycles. The van der Waals surface area contributed by atoms with Crippen LogP contribution in [0.1, 0.15) is 22.4 Å². The Labute approximate surface area is 144 Å². The van der Waals surface area contributed by atoms with Crippen LogP contribution in [0.3, 0.4) is 0 Å². The van der Waals surface area contributed by atoms with E-state index in [1.807, 2.05) is 35.7 Å². The highest BCUT2D eigenvalue weighted by molar-refractivity contribution is 7.09. The number of aliphatic hydroxyl groups is 1. The number of hydrogen-bond donors (Lipinski definition) is 3. The molecule has 0 saturated heterocycles. The summed E-state index contributed by atoms with van der Waals surface area (Å²) in [6.45, 7) is 0.411. The molecule has 0 fully saturated rings. The van der Waals surface area contributed by atoms with E-state index >= 15 is 0 Å². The Morgan fingerprint density at radius 3 is 2.58 bits per heavy atom. The first-order valence-corrected chi connectivity index (χ1v) is 8.81. The van der Waals surface area contributed by atoms with E-state index in [4.69, 9.17) is 0 Å². The Bertz CT molecular complexity index is 730. The van der Waals surface area contributed by atoms with Crippen LogP contribution in [0.15, 0.2) is 41.8 Å². The minimum Gasteiger partial charge on any atom is -0.388 e. The average molecular weight is 344 g/mol. The number of benzene rings is 1. The highest BCUT2D eigenvalue weighted by atomic mass is 32.1. The first-order valence-electron chi connectivity index (χ1n) is 7.93. The molecule has 0 bridgehead atoms. The highest BCUT2D eigenvalue weighted by Gasteiger charge is 2.32. The number of nitrogens with one attached hydrogen (secondary N) is 2. The van der Waals surface area contributed by atoms with Crippen LogP contribution in [0.4, 0.5) is 0 Å². The number of carbonyl (C=O) groups excluding carboxylic acids is 2. The van der Waals surface area contributed by atoms with Crippen molar-refractivity contribution >= 4 is 23.2 Å². The third kappa shape index (κ3) is 4.01. The topological polar surface area (TPSA) is 78.4 Å². The fourth-order valence-corrected chi connectivity index (χ4v) is 3.57. The van der Waals surface area contributed by atoms with Crippen LogP contribution in [-0.2, 0) is 29.0 Å². The zero-order chi connectivity index (χ0) is 17.0. The van der Waals surface area contributed by atoms with Gasteiger partial charge in [0.1, 0.15) is 0 Å². The maximum Gasteiger partial charge on any atom is 0.309 e. The van der Waals surface area contributed by atoms with Crippen LogP contribution >= 0.6 is 11.3 Å². The minimum atomic E-state index is -1.00. The van der Waals surface area contributed by atoms with E-state index in [0.29, 0.717) is 19.4 Å². The van der Waals surface area contributed by atoms with Gasteiger partial charge in [-0.3, -0.25) is 9.59 Å². The van der Waals surface area contributed by atoms with E-state index in [2.05, 4.69) is 16.7 Å². The standard InChI is InChI=1S/C18H20N2O3S/c21-16(19-11-15-6-3-9-24-15)17(22)20-12-18(23)8-7-13-4-1-2-5-14(13)10-18/h1-6,9,23H,7-8,10-12H2,(H,19,21)(H,20,22)/t18-/m0/s1. The van der Waals surface area contributed by atoms with Crippen LogP contribution < -0.4 is 10.6 Å². The molecule has 3 rings (SSSR count). The van der Waals surface area contributed by atoms with Crippen LogP contribution in [0.2, 0.25) is 0 Å². The number of amides is 2. The highest BCUT2D eigenvalue weighted by Crippen LogP contribution is 2.28. The Hall–Kier alpha value is -2.18. The van der Waals surface area contributed by atoms with Gasteiger partial charge in [0.15, 0.2) is 0 Å². The van der Waals surface area contributed by atoms with E-state index in [-0.39, 0.29) is 6.54 Å². The summed E-state index contributed by atoms with van der Waals surface area (Å²) in [7, 11) is 0. The van der Waals surface area contributed by atoms with Gasteiger partial charge >= 0.3 is 11.8 Å². The second-order valence-corrected chi connectivity index (χ2v) is 7.15. The zero-order valence-electron chi connectivity index (χ0n) is 13.2. The molecule has 2 aromatic rings. The molecule has 3 N–H and O–H groups in total. The van der Waals surface area contributed by atoms with Gasteiger partial charge in [0, 0.05) is 17.8 Å². The summed E-state index contributed by atoms with van der Waals surface area (Å²) in [6.07, 6.45) is 1.83. The summed E-state index contributed by atoms with van der Waals surface area (Å²) >= 11 is 1.52. The van der Waals surface area contributed by atoms with Crippen molar-refractivity contribution < 1.29 is 14.7 Å². The van der Waals surface area contributed by atoms with Crippen molar-refractivity contribution in [1.82, 2.24) is 10.6 Å². The molecule has 1 heterocycles. The van der Waals surface area contributed by atoms with Crippen molar-refractivity contribution in [3.05, 3.63) is 57.8 Å². The van der Waals surface area contributed by atoms with Crippen molar-refractivity contribution in [3.63, 3.8) is 0 Å². The molecule has 0 unspecified atom stereocenters. The molecule has 0 saturated carbocycles. The lowest BCUT2D eigenvalue weighted by atomic mass is 9.80. The summed E-state index contributed by atoms with van der Waals surface area (Å²) in [5.41, 5.74) is 1.34. The quantitative estimate of drug-likeness (QED) is 0.734.